The summed E-state index contributed by atoms with van der Waals surface area (Å²) in [5.41, 5.74) is 2.47. The van der Waals surface area contributed by atoms with E-state index in [1.54, 1.807) is 18.1 Å². The van der Waals surface area contributed by atoms with Gasteiger partial charge in [0.15, 0.2) is 0 Å². The second-order valence-electron chi connectivity index (χ2n) is 6.33. The van der Waals surface area contributed by atoms with E-state index in [1.165, 1.54) is 0 Å². The highest BCUT2D eigenvalue weighted by Crippen LogP contribution is 2.37. The van der Waals surface area contributed by atoms with E-state index >= 15 is 0 Å². The lowest BCUT2D eigenvalue weighted by molar-refractivity contribution is -0.138. The smallest absolute Gasteiger partial charge is 0.312 e. The molecular weight excluding hydrogens is 318 g/mol. The van der Waals surface area contributed by atoms with Gasteiger partial charge in [0.2, 0.25) is 5.91 Å². The Kier molecular flexibility index (Phi) is 4.74. The number of hydrogen-bond donors (Lipinski definition) is 1. The van der Waals surface area contributed by atoms with Gasteiger partial charge in [0, 0.05) is 18.7 Å². The molecule has 2 aromatic rings. The van der Waals surface area contributed by atoms with Crippen molar-refractivity contribution in [3.05, 3.63) is 59.7 Å². The summed E-state index contributed by atoms with van der Waals surface area (Å²) in [6.07, 6.45) is 0.326. The Bertz CT molecular complexity index is 785. The number of amides is 1. The van der Waals surface area contributed by atoms with Crippen molar-refractivity contribution >= 4 is 17.6 Å². The summed E-state index contributed by atoms with van der Waals surface area (Å²) in [7, 11) is 1.62. The number of hydrogen-bond acceptors (Lipinski definition) is 3. The third-order valence-corrected chi connectivity index (χ3v) is 4.73. The topological polar surface area (TPSA) is 66.8 Å². The number of carboxylic acids is 1. The molecule has 0 fully saturated rings. The van der Waals surface area contributed by atoms with E-state index in [-0.39, 0.29) is 18.4 Å². The molecule has 0 aliphatic carbocycles. The van der Waals surface area contributed by atoms with Crippen molar-refractivity contribution < 1.29 is 19.4 Å². The van der Waals surface area contributed by atoms with E-state index in [4.69, 9.17) is 4.74 Å². The number of para-hydroxylation sites is 1. The molecule has 1 heterocycles. The van der Waals surface area contributed by atoms with Crippen LogP contribution in [-0.4, -0.2) is 30.6 Å². The SMILES string of the molecule is COc1ccc(C(C)CC(=O)N2CC(C(=O)O)c3ccccc32)cc1. The lowest BCUT2D eigenvalue weighted by Crippen LogP contribution is -2.31. The van der Waals surface area contributed by atoms with Crippen molar-refractivity contribution in [1.82, 2.24) is 0 Å². The van der Waals surface area contributed by atoms with Gasteiger partial charge in [0.1, 0.15) is 11.7 Å². The molecule has 1 N–H and O–H groups in total. The monoisotopic (exact) mass is 339 g/mol. The molecule has 2 atom stereocenters. The van der Waals surface area contributed by atoms with Gasteiger partial charge in [-0.25, -0.2) is 0 Å². The average molecular weight is 339 g/mol. The molecule has 0 radical (unpaired) electrons. The van der Waals surface area contributed by atoms with Crippen LogP contribution in [0.4, 0.5) is 5.69 Å². The predicted octanol–water partition coefficient (Wildman–Crippen LogP) is 3.40. The van der Waals surface area contributed by atoms with Crippen molar-refractivity contribution in [2.45, 2.75) is 25.2 Å². The Morgan fingerprint density at radius 1 is 1.20 bits per heavy atom. The Balaban J connectivity index is 1.76. The van der Waals surface area contributed by atoms with Gasteiger partial charge < -0.3 is 14.7 Å². The van der Waals surface area contributed by atoms with Crippen LogP contribution >= 0.6 is 0 Å². The third-order valence-electron chi connectivity index (χ3n) is 4.73. The summed E-state index contributed by atoms with van der Waals surface area (Å²) in [5, 5.41) is 9.42. The first kappa shape index (κ1) is 17.0. The number of benzene rings is 2. The molecule has 0 bridgehead atoms. The van der Waals surface area contributed by atoms with E-state index in [1.807, 2.05) is 49.4 Å². The summed E-state index contributed by atoms with van der Waals surface area (Å²) >= 11 is 0. The van der Waals surface area contributed by atoms with Gasteiger partial charge in [-0.05, 0) is 35.2 Å². The van der Waals surface area contributed by atoms with Crippen LogP contribution in [0.3, 0.4) is 0 Å². The molecule has 1 amide bonds. The van der Waals surface area contributed by atoms with Crippen LogP contribution in [0.5, 0.6) is 5.75 Å². The van der Waals surface area contributed by atoms with Crippen LogP contribution in [0.2, 0.25) is 0 Å². The molecule has 0 aromatic heterocycles. The highest BCUT2D eigenvalue weighted by molar-refractivity contribution is 5.99. The maximum absolute atomic E-state index is 12.8. The summed E-state index contributed by atoms with van der Waals surface area (Å²) in [4.78, 5) is 25.9. The Labute approximate surface area is 146 Å². The standard InChI is InChI=1S/C20H21NO4/c1-13(14-7-9-15(25-2)10-8-14)11-19(22)21-12-17(20(23)24)16-5-3-4-6-18(16)21/h3-10,13,17H,11-12H2,1-2H3,(H,23,24). The largest absolute Gasteiger partial charge is 0.497 e. The van der Waals surface area contributed by atoms with E-state index in [9.17, 15) is 14.7 Å². The van der Waals surface area contributed by atoms with Gasteiger partial charge in [-0.3, -0.25) is 9.59 Å². The molecule has 0 saturated heterocycles. The fraction of sp³-hybridized carbons (Fsp3) is 0.300. The summed E-state index contributed by atoms with van der Waals surface area (Å²) < 4.78 is 5.15. The number of anilines is 1. The van der Waals surface area contributed by atoms with Gasteiger partial charge in [-0.15, -0.1) is 0 Å². The highest BCUT2D eigenvalue weighted by Gasteiger charge is 2.36. The lowest BCUT2D eigenvalue weighted by atomic mass is 9.97. The zero-order valence-corrected chi connectivity index (χ0v) is 14.3. The molecule has 1 aliphatic heterocycles. The van der Waals surface area contributed by atoms with Gasteiger partial charge in [-0.1, -0.05) is 37.3 Å². The van der Waals surface area contributed by atoms with Crippen molar-refractivity contribution in [2.75, 3.05) is 18.6 Å². The van der Waals surface area contributed by atoms with Gasteiger partial charge in [0.05, 0.1) is 7.11 Å². The minimum absolute atomic E-state index is 0.0365. The fourth-order valence-corrected chi connectivity index (χ4v) is 3.28. The number of nitrogens with zero attached hydrogens (tertiary/aromatic N) is 1. The second-order valence-corrected chi connectivity index (χ2v) is 6.33. The molecule has 5 nitrogen and oxygen atoms in total. The maximum atomic E-state index is 12.8. The number of aliphatic carboxylic acids is 1. The molecule has 5 heteroatoms. The molecule has 2 aromatic carbocycles. The fourth-order valence-electron chi connectivity index (χ4n) is 3.28. The first-order valence-electron chi connectivity index (χ1n) is 8.27. The second kappa shape index (κ2) is 6.97. The Morgan fingerprint density at radius 2 is 1.88 bits per heavy atom. The van der Waals surface area contributed by atoms with Gasteiger partial charge >= 0.3 is 5.97 Å². The highest BCUT2D eigenvalue weighted by atomic mass is 16.5. The summed E-state index contributed by atoms with van der Waals surface area (Å²) in [5.74, 6) is -0.795. The number of carboxylic acid groups (broad SMARTS) is 1. The summed E-state index contributed by atoms with van der Waals surface area (Å²) in [6.45, 7) is 2.19. The van der Waals surface area contributed by atoms with Crippen LogP contribution in [-0.2, 0) is 9.59 Å². The molecule has 2 unspecified atom stereocenters. The van der Waals surface area contributed by atoms with Crippen LogP contribution in [0.15, 0.2) is 48.5 Å². The van der Waals surface area contributed by atoms with Crippen LogP contribution < -0.4 is 9.64 Å². The van der Waals surface area contributed by atoms with Crippen molar-refractivity contribution in [3.8, 4) is 5.75 Å². The van der Waals surface area contributed by atoms with Crippen LogP contribution in [0, 0.1) is 0 Å². The maximum Gasteiger partial charge on any atom is 0.312 e. The van der Waals surface area contributed by atoms with Crippen LogP contribution in [0.25, 0.3) is 0 Å². The third kappa shape index (κ3) is 3.36. The number of fused-ring (bicyclic) bond motifs is 1. The number of ether oxygens (including phenoxy) is 1. The van der Waals surface area contributed by atoms with Crippen molar-refractivity contribution in [1.29, 1.82) is 0 Å². The minimum atomic E-state index is -0.897. The van der Waals surface area contributed by atoms with Gasteiger partial charge in [-0.2, -0.15) is 0 Å². The van der Waals surface area contributed by atoms with Crippen molar-refractivity contribution in [2.24, 2.45) is 0 Å². The normalized spacial score (nSPS) is 17.0. The zero-order valence-electron chi connectivity index (χ0n) is 14.3. The zero-order chi connectivity index (χ0) is 18.0. The minimum Gasteiger partial charge on any atom is -0.497 e. The number of methoxy groups -OCH3 is 1. The number of carbonyl (C=O) groups is 2. The van der Waals surface area contributed by atoms with E-state index < -0.39 is 11.9 Å². The molecule has 3 rings (SSSR count). The van der Waals surface area contributed by atoms with Gasteiger partial charge in [0.25, 0.3) is 0 Å². The quantitative estimate of drug-likeness (QED) is 0.906. The Hall–Kier alpha value is -2.82. The summed E-state index contributed by atoms with van der Waals surface area (Å²) in [6, 6.07) is 14.9. The molecule has 1 aliphatic rings. The molecule has 130 valence electrons. The predicted molar refractivity (Wildman–Crippen MR) is 95.2 cm³/mol. The lowest BCUT2D eigenvalue weighted by Gasteiger charge is -2.20. The molecule has 0 spiro atoms. The molecular formula is C20H21NO4. The number of carbonyl (C=O) groups excluding carboxylic acids is 1. The first-order chi connectivity index (χ1) is 12.0. The van der Waals surface area contributed by atoms with Crippen LogP contribution in [0.1, 0.15) is 36.3 Å². The average Bonchev–Trinajstić information content (AvgIpc) is 3.02. The Morgan fingerprint density at radius 3 is 2.52 bits per heavy atom. The number of rotatable bonds is 5. The first-order valence-corrected chi connectivity index (χ1v) is 8.27. The van der Waals surface area contributed by atoms with Crippen molar-refractivity contribution in [3.63, 3.8) is 0 Å². The molecule has 25 heavy (non-hydrogen) atoms. The van der Waals surface area contributed by atoms with E-state index in [0.717, 1.165) is 11.3 Å². The van der Waals surface area contributed by atoms with E-state index in [2.05, 4.69) is 0 Å². The molecule has 0 saturated carbocycles. The van der Waals surface area contributed by atoms with E-state index in [0.29, 0.717) is 17.7 Å².